The maximum Gasteiger partial charge on any atom is 0.112 e. The summed E-state index contributed by atoms with van der Waals surface area (Å²) in [6.45, 7) is 2.02. The predicted octanol–water partition coefficient (Wildman–Crippen LogP) is 3.03. The van der Waals surface area contributed by atoms with Gasteiger partial charge in [-0.25, -0.2) is 0 Å². The molecule has 0 aliphatic carbocycles. The van der Waals surface area contributed by atoms with E-state index in [1.54, 1.807) is 0 Å². The molecule has 0 amide bonds. The Kier molecular flexibility index (Phi) is 2.92. The number of aromatic nitrogens is 3. The van der Waals surface area contributed by atoms with Gasteiger partial charge in [-0.2, -0.15) is 0 Å². The molecule has 21 heavy (non-hydrogen) atoms. The third-order valence-electron chi connectivity index (χ3n) is 4.00. The zero-order valence-corrected chi connectivity index (χ0v) is 11.7. The number of nitrogens with one attached hydrogen (secondary N) is 1. The standard InChI is InChI=1S/C17H16N4/c1-2-7-17-14(5-1)8-9-21(17)12-13-4-3-6-15(10-13)16-11-18-20-19-16/h1-7,10-11H,8-9,12H2,(H,18,19,20). The quantitative estimate of drug-likeness (QED) is 0.799. The first-order valence-corrected chi connectivity index (χ1v) is 7.19. The molecular formula is C17H16N4. The van der Waals surface area contributed by atoms with Crippen molar-refractivity contribution in [3.63, 3.8) is 0 Å². The second kappa shape index (κ2) is 5.05. The number of hydrogen-bond acceptors (Lipinski definition) is 3. The maximum absolute atomic E-state index is 4.08. The van der Waals surface area contributed by atoms with Crippen LogP contribution in [0.1, 0.15) is 11.1 Å². The van der Waals surface area contributed by atoms with Crippen LogP contribution in [0.2, 0.25) is 0 Å². The lowest BCUT2D eigenvalue weighted by atomic mass is 10.1. The summed E-state index contributed by atoms with van der Waals surface area (Å²) in [6, 6.07) is 17.2. The van der Waals surface area contributed by atoms with Crippen LogP contribution in [0.25, 0.3) is 11.3 Å². The molecule has 0 unspecified atom stereocenters. The molecule has 1 aromatic heterocycles. The fraction of sp³-hybridized carbons (Fsp3) is 0.176. The summed E-state index contributed by atoms with van der Waals surface area (Å²) >= 11 is 0. The van der Waals surface area contributed by atoms with E-state index >= 15 is 0 Å². The number of H-pyrrole nitrogens is 1. The highest BCUT2D eigenvalue weighted by Crippen LogP contribution is 2.29. The molecule has 1 aliphatic rings. The monoisotopic (exact) mass is 276 g/mol. The molecule has 4 nitrogen and oxygen atoms in total. The van der Waals surface area contributed by atoms with Crippen molar-refractivity contribution in [3.05, 3.63) is 65.9 Å². The molecule has 104 valence electrons. The normalized spacial score (nSPS) is 13.4. The van der Waals surface area contributed by atoms with Crippen LogP contribution in [0.4, 0.5) is 5.69 Å². The third-order valence-corrected chi connectivity index (χ3v) is 4.00. The largest absolute Gasteiger partial charge is 0.367 e. The summed E-state index contributed by atoms with van der Waals surface area (Å²) in [7, 11) is 0. The summed E-state index contributed by atoms with van der Waals surface area (Å²) in [6.07, 6.45) is 2.96. The number of hydrogen-bond donors (Lipinski definition) is 1. The van der Waals surface area contributed by atoms with Gasteiger partial charge in [0.2, 0.25) is 0 Å². The second-order valence-corrected chi connectivity index (χ2v) is 5.36. The first-order chi connectivity index (χ1) is 10.4. The van der Waals surface area contributed by atoms with Gasteiger partial charge in [0.15, 0.2) is 0 Å². The summed E-state index contributed by atoms with van der Waals surface area (Å²) in [5.74, 6) is 0. The molecule has 2 heterocycles. The van der Waals surface area contributed by atoms with Gasteiger partial charge in [-0.15, -0.1) is 5.10 Å². The van der Waals surface area contributed by atoms with E-state index in [0.29, 0.717) is 0 Å². The molecule has 3 aromatic rings. The van der Waals surface area contributed by atoms with Crippen molar-refractivity contribution in [1.29, 1.82) is 0 Å². The van der Waals surface area contributed by atoms with E-state index in [9.17, 15) is 0 Å². The fourth-order valence-corrected chi connectivity index (χ4v) is 2.96. The topological polar surface area (TPSA) is 44.8 Å². The van der Waals surface area contributed by atoms with E-state index < -0.39 is 0 Å². The van der Waals surface area contributed by atoms with Crippen LogP contribution in [0, 0.1) is 0 Å². The van der Waals surface area contributed by atoms with Crippen LogP contribution in [0.3, 0.4) is 0 Å². The molecule has 0 saturated carbocycles. The summed E-state index contributed by atoms with van der Waals surface area (Å²) in [5.41, 5.74) is 6.11. The number of benzene rings is 2. The fourth-order valence-electron chi connectivity index (χ4n) is 2.96. The molecule has 0 bridgehead atoms. The van der Waals surface area contributed by atoms with E-state index in [1.165, 1.54) is 16.8 Å². The van der Waals surface area contributed by atoms with Gasteiger partial charge in [-0.1, -0.05) is 41.6 Å². The lowest BCUT2D eigenvalue weighted by Crippen LogP contribution is -2.19. The molecule has 2 aromatic carbocycles. The Balaban J connectivity index is 1.60. The van der Waals surface area contributed by atoms with Gasteiger partial charge in [0, 0.05) is 30.5 Å². The first kappa shape index (κ1) is 12.1. The minimum absolute atomic E-state index is 0.888. The van der Waals surface area contributed by atoms with Gasteiger partial charge >= 0.3 is 0 Å². The summed E-state index contributed by atoms with van der Waals surface area (Å²) in [4.78, 5) is 2.44. The van der Waals surface area contributed by atoms with E-state index in [0.717, 1.165) is 30.8 Å². The number of aromatic amines is 1. The molecule has 1 aliphatic heterocycles. The van der Waals surface area contributed by atoms with Gasteiger partial charge in [0.25, 0.3) is 0 Å². The Bertz CT molecular complexity index is 749. The van der Waals surface area contributed by atoms with Crippen LogP contribution in [0.15, 0.2) is 54.7 Å². The van der Waals surface area contributed by atoms with Gasteiger partial charge < -0.3 is 4.90 Å². The van der Waals surface area contributed by atoms with E-state index in [2.05, 4.69) is 68.8 Å². The van der Waals surface area contributed by atoms with Crippen LogP contribution in [0.5, 0.6) is 0 Å². The molecule has 0 radical (unpaired) electrons. The Morgan fingerprint density at radius 1 is 1.10 bits per heavy atom. The van der Waals surface area contributed by atoms with Crippen molar-refractivity contribution in [1.82, 2.24) is 15.4 Å². The van der Waals surface area contributed by atoms with Crippen LogP contribution < -0.4 is 4.90 Å². The Hall–Kier alpha value is -2.62. The zero-order valence-electron chi connectivity index (χ0n) is 11.7. The molecule has 1 N–H and O–H groups in total. The van der Waals surface area contributed by atoms with E-state index in [-0.39, 0.29) is 0 Å². The summed E-state index contributed by atoms with van der Waals surface area (Å²) < 4.78 is 0. The lowest BCUT2D eigenvalue weighted by Gasteiger charge is -2.19. The number of fused-ring (bicyclic) bond motifs is 1. The molecule has 4 rings (SSSR count). The number of rotatable bonds is 3. The lowest BCUT2D eigenvalue weighted by molar-refractivity contribution is 0.836. The van der Waals surface area contributed by atoms with E-state index in [4.69, 9.17) is 0 Å². The third kappa shape index (κ3) is 2.29. The van der Waals surface area contributed by atoms with Crippen LogP contribution in [-0.4, -0.2) is 22.0 Å². The van der Waals surface area contributed by atoms with Crippen LogP contribution in [-0.2, 0) is 13.0 Å². The van der Waals surface area contributed by atoms with Crippen molar-refractivity contribution >= 4 is 5.69 Å². The summed E-state index contributed by atoms with van der Waals surface area (Å²) in [5, 5.41) is 10.6. The molecule has 0 fully saturated rings. The minimum atomic E-state index is 0.888. The number of para-hydroxylation sites is 1. The van der Waals surface area contributed by atoms with Crippen molar-refractivity contribution in [3.8, 4) is 11.3 Å². The average molecular weight is 276 g/mol. The maximum atomic E-state index is 4.08. The molecular weight excluding hydrogens is 260 g/mol. The number of nitrogens with zero attached hydrogens (tertiary/aromatic N) is 3. The minimum Gasteiger partial charge on any atom is -0.367 e. The predicted molar refractivity (Wildman–Crippen MR) is 83.0 cm³/mol. The highest BCUT2D eigenvalue weighted by Gasteiger charge is 2.18. The average Bonchev–Trinajstić information content (AvgIpc) is 3.18. The highest BCUT2D eigenvalue weighted by atomic mass is 15.3. The molecule has 0 saturated heterocycles. The van der Waals surface area contributed by atoms with Crippen molar-refractivity contribution < 1.29 is 0 Å². The van der Waals surface area contributed by atoms with Crippen molar-refractivity contribution in [2.24, 2.45) is 0 Å². The van der Waals surface area contributed by atoms with Crippen LogP contribution >= 0.6 is 0 Å². The van der Waals surface area contributed by atoms with Gasteiger partial charge in [0.05, 0.1) is 0 Å². The first-order valence-electron chi connectivity index (χ1n) is 7.19. The van der Waals surface area contributed by atoms with Gasteiger partial charge in [0.1, 0.15) is 5.69 Å². The molecule has 4 heteroatoms. The Morgan fingerprint density at radius 3 is 2.95 bits per heavy atom. The van der Waals surface area contributed by atoms with Gasteiger partial charge in [-0.05, 0) is 29.7 Å². The second-order valence-electron chi connectivity index (χ2n) is 5.36. The van der Waals surface area contributed by atoms with E-state index in [1.807, 2.05) is 6.20 Å². The van der Waals surface area contributed by atoms with Gasteiger partial charge in [-0.3, -0.25) is 5.10 Å². The highest BCUT2D eigenvalue weighted by molar-refractivity contribution is 5.61. The molecule has 0 atom stereocenters. The Labute approximate surface area is 123 Å². The zero-order chi connectivity index (χ0) is 14.1. The smallest absolute Gasteiger partial charge is 0.112 e. The molecule has 0 spiro atoms. The van der Waals surface area contributed by atoms with Crippen molar-refractivity contribution in [2.45, 2.75) is 13.0 Å². The van der Waals surface area contributed by atoms with Crippen molar-refractivity contribution in [2.75, 3.05) is 11.4 Å². The SMILES string of the molecule is c1cc(CN2CCc3ccccc32)cc(-c2c[nH]nn2)c1. The Morgan fingerprint density at radius 2 is 2.05 bits per heavy atom. The number of anilines is 1.